The first-order valence-corrected chi connectivity index (χ1v) is 8.04. The van der Waals surface area contributed by atoms with Crippen molar-refractivity contribution in [3.05, 3.63) is 0 Å². The topological polar surface area (TPSA) is 35.5 Å². The molecule has 3 heteroatoms. The van der Waals surface area contributed by atoms with E-state index in [1.54, 1.807) is 0 Å². The Kier molecular flexibility index (Phi) is 5.12. The zero-order valence-electron chi connectivity index (χ0n) is 13.1. The molecule has 0 radical (unpaired) electrons. The van der Waals surface area contributed by atoms with Crippen LogP contribution in [-0.4, -0.2) is 47.8 Å². The zero-order chi connectivity index (χ0) is 14.6. The fourth-order valence-electron chi connectivity index (χ4n) is 3.33. The van der Waals surface area contributed by atoms with Gasteiger partial charge in [0.2, 0.25) is 0 Å². The van der Waals surface area contributed by atoms with E-state index in [0.717, 1.165) is 64.7 Å². The highest BCUT2D eigenvalue weighted by atomic mass is 16.3. The van der Waals surface area contributed by atoms with Gasteiger partial charge in [-0.25, -0.2) is 0 Å². The summed E-state index contributed by atoms with van der Waals surface area (Å²) in [7, 11) is 0. The smallest absolute Gasteiger partial charge is 0.0772 e. The van der Waals surface area contributed by atoms with Crippen LogP contribution < -0.4 is 5.32 Å². The molecule has 1 heterocycles. The Balaban J connectivity index is 1.70. The predicted molar refractivity (Wildman–Crippen MR) is 83.5 cm³/mol. The van der Waals surface area contributed by atoms with E-state index >= 15 is 0 Å². The number of hydrogen-bond donors (Lipinski definition) is 2. The molecular formula is C17H30N2O. The molecule has 0 bridgehead atoms. The molecule has 1 saturated carbocycles. The molecule has 0 spiro atoms. The second-order valence-electron chi connectivity index (χ2n) is 7.52. The third kappa shape index (κ3) is 4.48. The number of nitrogens with one attached hydrogen (secondary N) is 1. The Bertz CT molecular complexity index is 340. The first kappa shape index (κ1) is 15.8. The number of rotatable bonds is 4. The molecule has 0 aromatic carbocycles. The molecule has 114 valence electrons. The second kappa shape index (κ2) is 6.47. The lowest BCUT2D eigenvalue weighted by atomic mass is 9.71. The maximum absolute atomic E-state index is 10.7. The van der Waals surface area contributed by atoms with Crippen molar-refractivity contribution in [2.24, 2.45) is 5.41 Å². The van der Waals surface area contributed by atoms with Gasteiger partial charge >= 0.3 is 0 Å². The average molecular weight is 278 g/mol. The van der Waals surface area contributed by atoms with Gasteiger partial charge in [0.25, 0.3) is 0 Å². The van der Waals surface area contributed by atoms with E-state index in [1.807, 2.05) is 0 Å². The van der Waals surface area contributed by atoms with Crippen LogP contribution in [0.4, 0.5) is 0 Å². The van der Waals surface area contributed by atoms with Gasteiger partial charge in [-0.15, -0.1) is 6.42 Å². The molecule has 0 unspecified atom stereocenters. The minimum absolute atomic E-state index is 0.410. The molecule has 1 aliphatic carbocycles. The lowest BCUT2D eigenvalue weighted by Gasteiger charge is -2.41. The van der Waals surface area contributed by atoms with Gasteiger partial charge in [0.15, 0.2) is 0 Å². The monoisotopic (exact) mass is 278 g/mol. The largest absolute Gasteiger partial charge is 0.389 e. The molecule has 2 fully saturated rings. The van der Waals surface area contributed by atoms with Crippen molar-refractivity contribution in [3.8, 4) is 12.3 Å². The van der Waals surface area contributed by atoms with Crippen molar-refractivity contribution in [3.63, 3.8) is 0 Å². The second-order valence-corrected chi connectivity index (χ2v) is 7.52. The number of nitrogens with zero attached hydrogens (tertiary/aromatic N) is 1. The number of hydrogen-bond acceptors (Lipinski definition) is 3. The lowest BCUT2D eigenvalue weighted by molar-refractivity contribution is -0.0272. The molecule has 0 aromatic heterocycles. The fourth-order valence-corrected chi connectivity index (χ4v) is 3.33. The van der Waals surface area contributed by atoms with Crippen LogP contribution in [0.2, 0.25) is 0 Å². The number of likely N-dealkylation sites (tertiary alicyclic amines) is 1. The highest BCUT2D eigenvalue weighted by Crippen LogP contribution is 2.39. The van der Waals surface area contributed by atoms with Gasteiger partial charge in [-0.05, 0) is 43.9 Å². The van der Waals surface area contributed by atoms with Crippen LogP contribution in [0.25, 0.3) is 0 Å². The van der Waals surface area contributed by atoms with E-state index in [2.05, 4.69) is 30.0 Å². The van der Waals surface area contributed by atoms with Gasteiger partial charge in [-0.3, -0.25) is 4.90 Å². The van der Waals surface area contributed by atoms with E-state index in [9.17, 15) is 5.11 Å². The summed E-state index contributed by atoms with van der Waals surface area (Å²) in [6.45, 7) is 8.29. The predicted octanol–water partition coefficient (Wildman–Crippen LogP) is 2.00. The Labute approximate surface area is 124 Å². The van der Waals surface area contributed by atoms with Gasteiger partial charge in [-0.2, -0.15) is 0 Å². The highest BCUT2D eigenvalue weighted by Gasteiger charge is 2.36. The minimum atomic E-state index is -0.481. The molecule has 2 N–H and O–H groups in total. The van der Waals surface area contributed by atoms with Crippen LogP contribution in [0.3, 0.4) is 0 Å². The third-order valence-corrected chi connectivity index (χ3v) is 5.16. The zero-order valence-corrected chi connectivity index (χ0v) is 13.1. The lowest BCUT2D eigenvalue weighted by Crippen LogP contribution is -2.50. The van der Waals surface area contributed by atoms with Crippen molar-refractivity contribution in [2.75, 3.05) is 26.2 Å². The Morgan fingerprint density at radius 3 is 2.35 bits per heavy atom. The van der Waals surface area contributed by atoms with E-state index in [0.29, 0.717) is 11.5 Å². The maximum atomic E-state index is 10.7. The van der Waals surface area contributed by atoms with Crippen LogP contribution in [-0.2, 0) is 0 Å². The maximum Gasteiger partial charge on any atom is 0.0772 e. The summed E-state index contributed by atoms with van der Waals surface area (Å²) in [5.41, 5.74) is -0.0712. The molecule has 20 heavy (non-hydrogen) atoms. The highest BCUT2D eigenvalue weighted by molar-refractivity contribution is 4.93. The summed E-state index contributed by atoms with van der Waals surface area (Å²) in [6, 6.07) is 0.544. The Morgan fingerprint density at radius 1 is 1.20 bits per heavy atom. The first-order valence-electron chi connectivity index (χ1n) is 8.04. The molecule has 1 aliphatic heterocycles. The Hall–Kier alpha value is -0.560. The SMILES string of the molecule is C#CCN1CCC(NCC2(O)CCC(C)(C)CC2)CC1. The van der Waals surface area contributed by atoms with Crippen LogP contribution in [0, 0.1) is 17.8 Å². The summed E-state index contributed by atoms with van der Waals surface area (Å²) in [5, 5.41) is 14.3. The first-order chi connectivity index (χ1) is 9.42. The molecule has 0 atom stereocenters. The third-order valence-electron chi connectivity index (χ3n) is 5.16. The van der Waals surface area contributed by atoms with Crippen molar-refractivity contribution >= 4 is 0 Å². The van der Waals surface area contributed by atoms with Gasteiger partial charge in [0.1, 0.15) is 0 Å². The van der Waals surface area contributed by atoms with E-state index < -0.39 is 5.60 Å². The summed E-state index contributed by atoms with van der Waals surface area (Å²) in [6.07, 6.45) is 11.8. The molecule has 3 nitrogen and oxygen atoms in total. The van der Waals surface area contributed by atoms with Crippen LogP contribution >= 0.6 is 0 Å². The summed E-state index contributed by atoms with van der Waals surface area (Å²) in [5.74, 6) is 2.72. The van der Waals surface area contributed by atoms with Crippen LogP contribution in [0.1, 0.15) is 52.4 Å². The normalized spacial score (nSPS) is 27.1. The molecule has 0 aromatic rings. The van der Waals surface area contributed by atoms with Crippen LogP contribution in [0.15, 0.2) is 0 Å². The molecule has 0 amide bonds. The standard InChI is InChI=1S/C17H30N2O/c1-4-11-19-12-5-15(6-13-19)18-14-17(20)9-7-16(2,3)8-10-17/h1,15,18,20H,5-14H2,2-3H3. The van der Waals surface area contributed by atoms with Gasteiger partial charge in [0.05, 0.1) is 12.1 Å². The van der Waals surface area contributed by atoms with E-state index in [4.69, 9.17) is 6.42 Å². The van der Waals surface area contributed by atoms with Crippen molar-refractivity contribution in [2.45, 2.75) is 64.0 Å². The fraction of sp³-hybridized carbons (Fsp3) is 0.882. The molecule has 1 saturated heterocycles. The number of terminal acetylenes is 1. The van der Waals surface area contributed by atoms with Gasteiger partial charge < -0.3 is 10.4 Å². The van der Waals surface area contributed by atoms with Crippen molar-refractivity contribution < 1.29 is 5.11 Å². The van der Waals surface area contributed by atoms with Gasteiger partial charge in [-0.1, -0.05) is 19.8 Å². The summed E-state index contributed by atoms with van der Waals surface area (Å²) >= 11 is 0. The quantitative estimate of drug-likeness (QED) is 0.772. The van der Waals surface area contributed by atoms with Crippen molar-refractivity contribution in [1.29, 1.82) is 0 Å². The summed E-state index contributed by atoms with van der Waals surface area (Å²) < 4.78 is 0. The molecule has 2 aliphatic rings. The number of aliphatic hydroxyl groups is 1. The molecule has 2 rings (SSSR count). The van der Waals surface area contributed by atoms with E-state index in [1.165, 1.54) is 0 Å². The van der Waals surface area contributed by atoms with E-state index in [-0.39, 0.29) is 0 Å². The molecular weight excluding hydrogens is 248 g/mol. The minimum Gasteiger partial charge on any atom is -0.389 e. The van der Waals surface area contributed by atoms with Crippen LogP contribution in [0.5, 0.6) is 0 Å². The average Bonchev–Trinajstić information content (AvgIpc) is 2.43. The van der Waals surface area contributed by atoms with Crippen molar-refractivity contribution in [1.82, 2.24) is 10.2 Å². The van der Waals surface area contributed by atoms with Gasteiger partial charge in [0, 0.05) is 25.7 Å². The summed E-state index contributed by atoms with van der Waals surface area (Å²) in [4.78, 5) is 2.33. The number of piperidine rings is 1. The Morgan fingerprint density at radius 2 is 1.80 bits per heavy atom.